The van der Waals surface area contributed by atoms with Crippen molar-refractivity contribution in [2.24, 2.45) is 16.9 Å². The Labute approximate surface area is 125 Å². The van der Waals surface area contributed by atoms with E-state index in [9.17, 15) is 5.11 Å². The Hall–Kier alpha value is -1.75. The highest BCUT2D eigenvalue weighted by Crippen LogP contribution is 2.49. The van der Waals surface area contributed by atoms with Crippen LogP contribution in [0.5, 0.6) is 0 Å². The Balaban J connectivity index is 2.02. The van der Waals surface area contributed by atoms with Gasteiger partial charge in [-0.15, -0.1) is 0 Å². The second kappa shape index (κ2) is 4.63. The molecule has 0 amide bonds. The van der Waals surface area contributed by atoms with Gasteiger partial charge in [0.25, 0.3) is 0 Å². The molecule has 0 radical (unpaired) electrons. The summed E-state index contributed by atoms with van der Waals surface area (Å²) in [6.07, 6.45) is 1.55. The minimum atomic E-state index is -0.985. The third-order valence-corrected chi connectivity index (χ3v) is 4.62. The molecule has 3 rings (SSSR count). The molecule has 1 saturated carbocycles. The topological polar surface area (TPSA) is 61.6 Å². The van der Waals surface area contributed by atoms with Crippen LogP contribution in [-0.2, 0) is 0 Å². The van der Waals surface area contributed by atoms with E-state index in [2.05, 4.69) is 21.6 Å². The maximum absolute atomic E-state index is 11.2. The van der Waals surface area contributed by atoms with Crippen LogP contribution in [0.3, 0.4) is 0 Å². The monoisotopic (exact) mass is 286 g/mol. The van der Waals surface area contributed by atoms with Crippen LogP contribution in [-0.4, -0.2) is 26.5 Å². The number of hydrogen-bond acceptors (Lipinski definition) is 5. The molecule has 1 fully saturated rings. The zero-order chi connectivity index (χ0) is 15.4. The Morgan fingerprint density at radius 1 is 1.38 bits per heavy atom. The normalized spacial score (nSPS) is 31.3. The van der Waals surface area contributed by atoms with E-state index in [-0.39, 0.29) is 5.92 Å². The fourth-order valence-electron chi connectivity index (χ4n) is 3.55. The lowest BCUT2D eigenvalue weighted by Crippen LogP contribution is -2.46. The summed E-state index contributed by atoms with van der Waals surface area (Å²) in [4.78, 5) is 8.75. The van der Waals surface area contributed by atoms with Gasteiger partial charge in [0.2, 0.25) is 0 Å². The maximum atomic E-state index is 11.2. The van der Waals surface area contributed by atoms with E-state index in [1.54, 1.807) is 5.01 Å². The summed E-state index contributed by atoms with van der Waals surface area (Å²) in [7, 11) is 0. The average molecular weight is 286 g/mol. The molecule has 1 aliphatic heterocycles. The minimum Gasteiger partial charge on any atom is -0.368 e. The van der Waals surface area contributed by atoms with Crippen molar-refractivity contribution in [2.45, 2.75) is 46.3 Å². The van der Waals surface area contributed by atoms with Crippen molar-refractivity contribution < 1.29 is 5.11 Å². The largest absolute Gasteiger partial charge is 0.368 e. The van der Waals surface area contributed by atoms with Gasteiger partial charge in [-0.25, -0.2) is 15.0 Å². The number of hydrogen-bond donors (Lipinski definition) is 1. The van der Waals surface area contributed by atoms with E-state index in [4.69, 9.17) is 0 Å². The SMILES string of the molecule is C=C(C)[C@@H]1C[C@H]2C(C)=NN(c3cc(C)nc(C)n3)[C@@]2(O)C1. The number of aromatic nitrogens is 2. The van der Waals surface area contributed by atoms with Crippen LogP contribution in [0.1, 0.15) is 38.2 Å². The lowest BCUT2D eigenvalue weighted by atomic mass is 9.95. The number of aliphatic hydroxyl groups is 1. The molecular formula is C16H22N4O. The van der Waals surface area contributed by atoms with Crippen LogP contribution in [0.15, 0.2) is 23.3 Å². The van der Waals surface area contributed by atoms with Crippen LogP contribution < -0.4 is 5.01 Å². The lowest BCUT2D eigenvalue weighted by molar-refractivity contribution is 0.0294. The summed E-state index contributed by atoms with van der Waals surface area (Å²) in [5, 5.41) is 17.5. The zero-order valence-corrected chi connectivity index (χ0v) is 13.1. The van der Waals surface area contributed by atoms with E-state index in [1.165, 1.54) is 0 Å². The third kappa shape index (κ3) is 2.16. The maximum Gasteiger partial charge on any atom is 0.168 e. The van der Waals surface area contributed by atoms with E-state index >= 15 is 0 Å². The van der Waals surface area contributed by atoms with Crippen molar-refractivity contribution in [1.29, 1.82) is 0 Å². The zero-order valence-electron chi connectivity index (χ0n) is 13.1. The number of hydrazone groups is 1. The molecular weight excluding hydrogens is 264 g/mol. The first-order chi connectivity index (χ1) is 9.81. The van der Waals surface area contributed by atoms with Gasteiger partial charge in [-0.3, -0.25) is 0 Å². The molecule has 0 spiro atoms. The van der Waals surface area contributed by atoms with Crippen LogP contribution in [0.2, 0.25) is 0 Å². The van der Waals surface area contributed by atoms with E-state index in [0.29, 0.717) is 24.0 Å². The van der Waals surface area contributed by atoms with Crippen molar-refractivity contribution in [1.82, 2.24) is 9.97 Å². The molecule has 21 heavy (non-hydrogen) atoms. The van der Waals surface area contributed by atoms with Gasteiger partial charge in [0, 0.05) is 29.8 Å². The van der Waals surface area contributed by atoms with E-state index in [0.717, 1.165) is 23.4 Å². The van der Waals surface area contributed by atoms with Crippen LogP contribution in [0.4, 0.5) is 5.82 Å². The Kier molecular flexibility index (Phi) is 3.13. The Morgan fingerprint density at radius 2 is 2.10 bits per heavy atom. The van der Waals surface area contributed by atoms with Crippen LogP contribution in [0.25, 0.3) is 0 Å². The van der Waals surface area contributed by atoms with Crippen molar-refractivity contribution in [3.05, 3.63) is 29.7 Å². The number of aryl methyl sites for hydroxylation is 2. The fourth-order valence-corrected chi connectivity index (χ4v) is 3.55. The summed E-state index contributed by atoms with van der Waals surface area (Å²) in [5.41, 5.74) is 1.99. The van der Waals surface area contributed by atoms with E-state index < -0.39 is 5.72 Å². The number of fused-ring (bicyclic) bond motifs is 1. The standard InChI is InChI=1S/C16H22N4O/c1-9(2)13-7-14-11(4)19-20(16(14,21)8-13)15-6-10(3)17-12(5)18-15/h6,13-14,21H,1,7-8H2,2-5H3/t13-,14+,16-/m1/s1. The molecule has 112 valence electrons. The van der Waals surface area contributed by atoms with Crippen molar-refractivity contribution in [2.75, 3.05) is 5.01 Å². The lowest BCUT2D eigenvalue weighted by Gasteiger charge is -2.32. The Bertz CT molecular complexity index is 619. The first-order valence-corrected chi connectivity index (χ1v) is 7.36. The highest BCUT2D eigenvalue weighted by molar-refractivity contribution is 5.90. The van der Waals surface area contributed by atoms with Gasteiger partial charge in [0.1, 0.15) is 5.82 Å². The molecule has 0 bridgehead atoms. The van der Waals surface area contributed by atoms with Crippen molar-refractivity contribution >= 4 is 11.5 Å². The molecule has 0 saturated heterocycles. The van der Waals surface area contributed by atoms with Gasteiger partial charge in [0.05, 0.1) is 0 Å². The number of nitrogens with zero attached hydrogens (tertiary/aromatic N) is 4. The molecule has 1 N–H and O–H groups in total. The quantitative estimate of drug-likeness (QED) is 0.849. The molecule has 0 unspecified atom stereocenters. The summed E-state index contributed by atoms with van der Waals surface area (Å²) >= 11 is 0. The van der Waals surface area contributed by atoms with E-state index in [1.807, 2.05) is 33.8 Å². The predicted octanol–water partition coefficient (Wildman–Crippen LogP) is 2.58. The second-order valence-corrected chi connectivity index (χ2v) is 6.38. The fraction of sp³-hybridized carbons (Fsp3) is 0.562. The van der Waals surface area contributed by atoms with Crippen molar-refractivity contribution in [3.8, 4) is 0 Å². The van der Waals surface area contributed by atoms with Gasteiger partial charge in [-0.1, -0.05) is 12.2 Å². The van der Waals surface area contributed by atoms with Gasteiger partial charge in [0.15, 0.2) is 11.5 Å². The molecule has 2 aliphatic rings. The highest BCUT2D eigenvalue weighted by Gasteiger charge is 2.56. The van der Waals surface area contributed by atoms with Gasteiger partial charge < -0.3 is 5.11 Å². The summed E-state index contributed by atoms with van der Waals surface area (Å²) in [5.74, 6) is 1.75. The molecule has 0 aromatic carbocycles. The smallest absolute Gasteiger partial charge is 0.168 e. The molecule has 2 heterocycles. The first kappa shape index (κ1) is 14.2. The molecule has 1 aromatic rings. The van der Waals surface area contributed by atoms with Gasteiger partial charge in [-0.05, 0) is 40.0 Å². The summed E-state index contributed by atoms with van der Waals surface area (Å²) in [6, 6.07) is 1.87. The average Bonchev–Trinajstić information content (AvgIpc) is 2.83. The van der Waals surface area contributed by atoms with Crippen LogP contribution >= 0.6 is 0 Å². The molecule has 5 nitrogen and oxygen atoms in total. The molecule has 1 aromatic heterocycles. The number of rotatable bonds is 2. The molecule has 3 atom stereocenters. The van der Waals surface area contributed by atoms with Gasteiger partial charge >= 0.3 is 0 Å². The van der Waals surface area contributed by atoms with Crippen LogP contribution in [0, 0.1) is 25.7 Å². The molecule has 1 aliphatic carbocycles. The molecule has 5 heteroatoms. The second-order valence-electron chi connectivity index (χ2n) is 6.38. The van der Waals surface area contributed by atoms with Crippen molar-refractivity contribution in [3.63, 3.8) is 0 Å². The highest BCUT2D eigenvalue weighted by atomic mass is 16.3. The number of allylic oxidation sites excluding steroid dienone is 1. The van der Waals surface area contributed by atoms with Gasteiger partial charge in [-0.2, -0.15) is 5.10 Å². The minimum absolute atomic E-state index is 0.0507. The summed E-state index contributed by atoms with van der Waals surface area (Å²) < 4.78 is 0. The summed E-state index contributed by atoms with van der Waals surface area (Å²) in [6.45, 7) is 11.9. The predicted molar refractivity (Wildman–Crippen MR) is 83.1 cm³/mol. The third-order valence-electron chi connectivity index (χ3n) is 4.62. The Morgan fingerprint density at radius 3 is 2.71 bits per heavy atom. The first-order valence-electron chi connectivity index (χ1n) is 7.36. The number of anilines is 1.